The van der Waals surface area contributed by atoms with Crippen molar-refractivity contribution in [3.05, 3.63) is 23.0 Å². The molecular weight excluding hydrogens is 350 g/mol. The van der Waals surface area contributed by atoms with Gasteiger partial charge in [-0.05, 0) is 32.1 Å². The van der Waals surface area contributed by atoms with Crippen molar-refractivity contribution >= 4 is 17.6 Å². The number of aryl methyl sites for hydroxylation is 1. The summed E-state index contributed by atoms with van der Waals surface area (Å²) in [4.78, 5) is 11.0. The van der Waals surface area contributed by atoms with E-state index in [1.54, 1.807) is 0 Å². The molecule has 0 bridgehead atoms. The molecule has 6 nitrogen and oxygen atoms in total. The molecule has 0 radical (unpaired) electrons. The zero-order chi connectivity index (χ0) is 18.4. The number of hydrogen-bond donors (Lipinski definition) is 2. The van der Waals surface area contributed by atoms with E-state index in [4.69, 9.17) is 0 Å². The van der Waals surface area contributed by atoms with E-state index in [2.05, 4.69) is 30.4 Å². The molecule has 2 aromatic rings. The molecule has 2 N–H and O–H groups in total. The number of aromatic amines is 1. The Bertz CT molecular complexity index is 837. The van der Waals surface area contributed by atoms with Gasteiger partial charge in [-0.15, -0.1) is 0 Å². The lowest BCUT2D eigenvalue weighted by molar-refractivity contribution is -0.00138. The molecule has 1 aliphatic heterocycles. The van der Waals surface area contributed by atoms with Crippen molar-refractivity contribution in [3.63, 3.8) is 0 Å². The monoisotopic (exact) mass is 374 g/mol. The minimum atomic E-state index is -2.90. The average Bonchev–Trinajstić information content (AvgIpc) is 3.43. The first-order valence-electron chi connectivity index (χ1n) is 9.97. The molecule has 0 aromatic carbocycles. The zero-order valence-electron chi connectivity index (χ0n) is 15.3. The van der Waals surface area contributed by atoms with E-state index in [1.165, 1.54) is 12.8 Å². The molecule has 144 valence electrons. The zero-order valence-corrected chi connectivity index (χ0v) is 15.3. The van der Waals surface area contributed by atoms with Crippen LogP contribution in [0.2, 0.25) is 0 Å². The maximum Gasteiger partial charge on any atom is 0.278 e. The third-order valence-corrected chi connectivity index (χ3v) is 6.04. The maximum atomic E-state index is 14.5. The number of nitrogens with zero attached hydrogens (tertiary/aromatic N) is 4. The van der Waals surface area contributed by atoms with Gasteiger partial charge in [0.2, 0.25) is 5.95 Å². The summed E-state index contributed by atoms with van der Waals surface area (Å²) >= 11 is 0. The van der Waals surface area contributed by atoms with Crippen LogP contribution in [-0.4, -0.2) is 33.3 Å². The van der Waals surface area contributed by atoms with Gasteiger partial charge < -0.3 is 10.2 Å². The van der Waals surface area contributed by atoms with Crippen LogP contribution in [-0.2, 0) is 12.3 Å². The molecule has 3 aliphatic rings. The van der Waals surface area contributed by atoms with Gasteiger partial charge in [-0.25, -0.2) is 13.8 Å². The number of fused-ring (bicyclic) bond motifs is 1. The van der Waals surface area contributed by atoms with Crippen LogP contribution in [0.3, 0.4) is 0 Å². The minimum absolute atomic E-state index is 0.0594. The normalized spacial score (nSPS) is 21.8. The van der Waals surface area contributed by atoms with Crippen molar-refractivity contribution in [2.45, 2.75) is 63.2 Å². The highest BCUT2D eigenvalue weighted by atomic mass is 19.3. The van der Waals surface area contributed by atoms with E-state index in [0.29, 0.717) is 23.4 Å². The van der Waals surface area contributed by atoms with Crippen LogP contribution in [0.4, 0.5) is 26.4 Å². The van der Waals surface area contributed by atoms with E-state index in [9.17, 15) is 8.78 Å². The van der Waals surface area contributed by atoms with E-state index >= 15 is 0 Å². The molecule has 8 heteroatoms. The fourth-order valence-corrected chi connectivity index (χ4v) is 4.58. The SMILES string of the molecule is FC1(F)CCc2nc(N3CCCC3)nc(Nc3cc(C4CCCC4)[nH]n3)c21. The Morgan fingerprint density at radius 1 is 1.11 bits per heavy atom. The minimum Gasteiger partial charge on any atom is -0.341 e. The molecule has 0 amide bonds. The Morgan fingerprint density at radius 2 is 1.89 bits per heavy atom. The van der Waals surface area contributed by atoms with Crippen LogP contribution in [0, 0.1) is 0 Å². The largest absolute Gasteiger partial charge is 0.341 e. The fraction of sp³-hybridized carbons (Fsp3) is 0.632. The molecule has 0 spiro atoms. The highest BCUT2D eigenvalue weighted by Gasteiger charge is 2.44. The van der Waals surface area contributed by atoms with Gasteiger partial charge in [-0.2, -0.15) is 10.1 Å². The highest BCUT2D eigenvalue weighted by molar-refractivity contribution is 5.62. The van der Waals surface area contributed by atoms with E-state index in [1.807, 2.05) is 6.07 Å². The quantitative estimate of drug-likeness (QED) is 0.838. The first kappa shape index (κ1) is 16.9. The summed E-state index contributed by atoms with van der Waals surface area (Å²) in [6.07, 6.45) is 7.03. The number of alkyl halides is 2. The predicted molar refractivity (Wildman–Crippen MR) is 98.8 cm³/mol. The summed E-state index contributed by atoms with van der Waals surface area (Å²) in [5.41, 5.74) is 1.48. The van der Waals surface area contributed by atoms with Gasteiger partial charge >= 0.3 is 0 Å². The van der Waals surface area contributed by atoms with Gasteiger partial charge in [0, 0.05) is 37.2 Å². The molecule has 0 unspecified atom stereocenters. The van der Waals surface area contributed by atoms with Crippen molar-refractivity contribution in [3.8, 4) is 0 Å². The smallest absolute Gasteiger partial charge is 0.278 e. The molecule has 5 rings (SSSR count). The fourth-order valence-electron chi connectivity index (χ4n) is 4.58. The summed E-state index contributed by atoms with van der Waals surface area (Å²) in [6.45, 7) is 1.76. The molecule has 2 fully saturated rings. The second-order valence-electron chi connectivity index (χ2n) is 7.91. The summed E-state index contributed by atoms with van der Waals surface area (Å²) in [5.74, 6) is -1.10. The van der Waals surface area contributed by atoms with Crippen LogP contribution >= 0.6 is 0 Å². The van der Waals surface area contributed by atoms with Crippen molar-refractivity contribution in [2.24, 2.45) is 0 Å². The van der Waals surface area contributed by atoms with Crippen LogP contribution in [0.1, 0.15) is 67.8 Å². The van der Waals surface area contributed by atoms with Crippen molar-refractivity contribution in [1.29, 1.82) is 0 Å². The third-order valence-electron chi connectivity index (χ3n) is 6.04. The Balaban J connectivity index is 1.48. The predicted octanol–water partition coefficient (Wildman–Crippen LogP) is 4.24. The van der Waals surface area contributed by atoms with Crippen LogP contribution < -0.4 is 10.2 Å². The number of halogens is 2. The molecular formula is C19H24F2N6. The number of rotatable bonds is 4. The average molecular weight is 374 g/mol. The molecule has 2 aliphatic carbocycles. The summed E-state index contributed by atoms with van der Waals surface area (Å²) in [6, 6.07) is 1.94. The van der Waals surface area contributed by atoms with Crippen molar-refractivity contribution in [1.82, 2.24) is 20.2 Å². The van der Waals surface area contributed by atoms with Gasteiger partial charge in [0.1, 0.15) is 5.82 Å². The Hall–Kier alpha value is -2.25. The molecule has 1 saturated heterocycles. The summed E-state index contributed by atoms with van der Waals surface area (Å²) in [5, 5.41) is 10.4. The standard InChI is InChI=1S/C19H24F2N6/c20-19(21)8-7-13-16(19)17(24-18(22-13)27-9-3-4-10-27)23-15-11-14(25-26-15)12-5-1-2-6-12/h11-12H,1-10H2,(H2,22,23,24,25,26). The van der Waals surface area contributed by atoms with Crippen LogP contribution in [0.5, 0.6) is 0 Å². The lowest BCUT2D eigenvalue weighted by atomic mass is 10.0. The molecule has 1 saturated carbocycles. The second kappa shape index (κ2) is 6.42. The first-order chi connectivity index (χ1) is 13.1. The van der Waals surface area contributed by atoms with Crippen molar-refractivity contribution in [2.75, 3.05) is 23.3 Å². The first-order valence-corrected chi connectivity index (χ1v) is 9.97. The van der Waals surface area contributed by atoms with Crippen LogP contribution in [0.15, 0.2) is 6.07 Å². The molecule has 3 heterocycles. The van der Waals surface area contributed by atoms with Gasteiger partial charge in [0.15, 0.2) is 5.82 Å². The summed E-state index contributed by atoms with van der Waals surface area (Å²) in [7, 11) is 0. The highest BCUT2D eigenvalue weighted by Crippen LogP contribution is 2.45. The van der Waals surface area contributed by atoms with E-state index < -0.39 is 5.92 Å². The number of H-pyrrole nitrogens is 1. The van der Waals surface area contributed by atoms with Gasteiger partial charge in [-0.1, -0.05) is 12.8 Å². The van der Waals surface area contributed by atoms with Gasteiger partial charge in [-0.3, -0.25) is 5.10 Å². The molecule has 2 aromatic heterocycles. The van der Waals surface area contributed by atoms with E-state index in [-0.39, 0.29) is 24.2 Å². The molecule has 0 atom stereocenters. The van der Waals surface area contributed by atoms with E-state index in [0.717, 1.165) is 44.5 Å². The van der Waals surface area contributed by atoms with Crippen LogP contribution in [0.25, 0.3) is 0 Å². The number of nitrogens with one attached hydrogen (secondary N) is 2. The Kier molecular flexibility index (Phi) is 4.02. The lowest BCUT2D eigenvalue weighted by Gasteiger charge is -2.19. The topological polar surface area (TPSA) is 69.7 Å². The number of anilines is 3. The van der Waals surface area contributed by atoms with Gasteiger partial charge in [0.25, 0.3) is 5.92 Å². The Morgan fingerprint density at radius 3 is 2.67 bits per heavy atom. The third kappa shape index (κ3) is 3.04. The lowest BCUT2D eigenvalue weighted by Crippen LogP contribution is -2.22. The van der Waals surface area contributed by atoms with Gasteiger partial charge in [0.05, 0.1) is 11.3 Å². The Labute approximate surface area is 156 Å². The maximum absolute atomic E-state index is 14.5. The second-order valence-corrected chi connectivity index (χ2v) is 7.91. The summed E-state index contributed by atoms with van der Waals surface area (Å²) < 4.78 is 29.0. The number of aromatic nitrogens is 4. The molecule has 27 heavy (non-hydrogen) atoms. The van der Waals surface area contributed by atoms with Crippen molar-refractivity contribution < 1.29 is 8.78 Å². The number of hydrogen-bond acceptors (Lipinski definition) is 5.